The summed E-state index contributed by atoms with van der Waals surface area (Å²) in [4.78, 5) is 30.4. The smallest absolute Gasteiger partial charge is 0.322 e. The molecule has 1 heterocycles. The number of unbranched alkanes of at least 4 members (excludes halogenated alkanes) is 1. The fourth-order valence-corrected chi connectivity index (χ4v) is 4.63. The highest BCUT2D eigenvalue weighted by Gasteiger charge is 2.23. The second-order valence-corrected chi connectivity index (χ2v) is 11.1. The quantitative estimate of drug-likeness (QED) is 0.233. The van der Waals surface area contributed by atoms with E-state index in [-0.39, 0.29) is 24.4 Å². The predicted molar refractivity (Wildman–Crippen MR) is 159 cm³/mol. The van der Waals surface area contributed by atoms with E-state index in [4.69, 9.17) is 0 Å². The van der Waals surface area contributed by atoms with Gasteiger partial charge in [-0.05, 0) is 66.3 Å². The summed E-state index contributed by atoms with van der Waals surface area (Å²) in [6.07, 6.45) is 4.86. The number of benzene rings is 2. The summed E-state index contributed by atoms with van der Waals surface area (Å²) in [6, 6.07) is 20.0. The molecule has 0 saturated carbocycles. The second-order valence-electron chi connectivity index (χ2n) is 10.2. The van der Waals surface area contributed by atoms with Crippen molar-refractivity contribution < 1.29 is 9.59 Å². The lowest BCUT2D eigenvalue weighted by molar-refractivity contribution is -0.132. The Labute approximate surface area is 236 Å². The highest BCUT2D eigenvalue weighted by atomic mass is 79.9. The summed E-state index contributed by atoms with van der Waals surface area (Å²) in [7, 11) is 0. The lowest BCUT2D eigenvalue weighted by atomic mass is 10.1. The van der Waals surface area contributed by atoms with Crippen LogP contribution in [-0.4, -0.2) is 45.9 Å². The Kier molecular flexibility index (Phi) is 11.5. The first-order valence-corrected chi connectivity index (χ1v) is 14.4. The number of nitrogens with zero attached hydrogens (tertiary/aromatic N) is 3. The highest BCUT2D eigenvalue weighted by molar-refractivity contribution is 9.10. The van der Waals surface area contributed by atoms with Crippen LogP contribution < -0.4 is 5.32 Å². The van der Waals surface area contributed by atoms with Crippen LogP contribution in [0.2, 0.25) is 0 Å². The van der Waals surface area contributed by atoms with Gasteiger partial charge in [-0.25, -0.2) is 4.79 Å². The maximum atomic E-state index is 13.6. The molecule has 0 aliphatic rings. The van der Waals surface area contributed by atoms with Crippen molar-refractivity contribution in [3.63, 3.8) is 0 Å². The predicted octanol–water partition coefficient (Wildman–Crippen LogP) is 7.18. The third kappa shape index (κ3) is 9.05. The van der Waals surface area contributed by atoms with Gasteiger partial charge in [-0.3, -0.25) is 4.79 Å². The summed E-state index contributed by atoms with van der Waals surface area (Å²) in [5, 5.41) is 3.00. The summed E-state index contributed by atoms with van der Waals surface area (Å²) in [5.41, 5.74) is 4.19. The SMILES string of the molecule is CCCCN(Cc1cccn1Cc1ccc(Br)cc1)C(=O)CN(CC(C)C)C(=O)Nc1cccc(CC)c1. The van der Waals surface area contributed by atoms with Gasteiger partial charge in [-0.1, -0.05) is 74.3 Å². The molecule has 6 nitrogen and oxygen atoms in total. The molecule has 204 valence electrons. The molecule has 0 fully saturated rings. The van der Waals surface area contributed by atoms with Crippen LogP contribution >= 0.6 is 15.9 Å². The molecule has 3 amide bonds. The zero-order chi connectivity index (χ0) is 27.5. The Hall–Kier alpha value is -3.06. The first-order chi connectivity index (χ1) is 18.3. The zero-order valence-corrected chi connectivity index (χ0v) is 24.7. The molecule has 7 heteroatoms. The molecule has 0 spiro atoms. The van der Waals surface area contributed by atoms with E-state index in [1.807, 2.05) is 47.4 Å². The molecule has 0 aliphatic carbocycles. The minimum Gasteiger partial charge on any atom is -0.345 e. The van der Waals surface area contributed by atoms with E-state index in [2.05, 4.69) is 77.9 Å². The topological polar surface area (TPSA) is 57.6 Å². The normalized spacial score (nSPS) is 11.0. The lowest BCUT2D eigenvalue weighted by Crippen LogP contribution is -2.46. The number of anilines is 1. The zero-order valence-electron chi connectivity index (χ0n) is 23.1. The molecular weight excluding hydrogens is 540 g/mol. The molecule has 0 atom stereocenters. The van der Waals surface area contributed by atoms with Gasteiger partial charge in [0.15, 0.2) is 0 Å². The Balaban J connectivity index is 1.73. The third-order valence-corrected chi connectivity index (χ3v) is 6.99. The highest BCUT2D eigenvalue weighted by Crippen LogP contribution is 2.16. The average Bonchev–Trinajstić information content (AvgIpc) is 3.33. The van der Waals surface area contributed by atoms with E-state index in [1.54, 1.807) is 4.90 Å². The molecule has 3 rings (SSSR count). The molecule has 0 unspecified atom stereocenters. The van der Waals surface area contributed by atoms with E-state index in [1.165, 1.54) is 5.56 Å². The number of rotatable bonds is 13. The second kappa shape index (κ2) is 14.8. The van der Waals surface area contributed by atoms with Crippen LogP contribution in [0.25, 0.3) is 0 Å². The van der Waals surface area contributed by atoms with Gasteiger partial charge in [0.05, 0.1) is 6.54 Å². The lowest BCUT2D eigenvalue weighted by Gasteiger charge is -2.29. The average molecular weight is 582 g/mol. The Morgan fingerprint density at radius 2 is 1.74 bits per heavy atom. The molecule has 0 bridgehead atoms. The van der Waals surface area contributed by atoms with E-state index in [0.717, 1.165) is 47.2 Å². The van der Waals surface area contributed by atoms with Crippen LogP contribution in [0.15, 0.2) is 71.3 Å². The first kappa shape index (κ1) is 29.5. The van der Waals surface area contributed by atoms with Gasteiger partial charge in [0, 0.05) is 41.7 Å². The summed E-state index contributed by atoms with van der Waals surface area (Å²) in [5.74, 6) is 0.204. The molecule has 38 heavy (non-hydrogen) atoms. The molecule has 2 aromatic carbocycles. The number of aromatic nitrogens is 1. The number of carbonyl (C=O) groups excluding carboxylic acids is 2. The Morgan fingerprint density at radius 1 is 0.974 bits per heavy atom. The Bertz CT molecular complexity index is 1170. The number of hydrogen-bond donors (Lipinski definition) is 1. The number of carbonyl (C=O) groups is 2. The van der Waals surface area contributed by atoms with Crippen molar-refractivity contribution in [1.82, 2.24) is 14.4 Å². The Morgan fingerprint density at radius 3 is 2.42 bits per heavy atom. The molecule has 1 N–H and O–H groups in total. The van der Waals surface area contributed by atoms with E-state index < -0.39 is 0 Å². The van der Waals surface area contributed by atoms with Crippen LogP contribution in [0, 0.1) is 5.92 Å². The van der Waals surface area contributed by atoms with Crippen molar-refractivity contribution in [1.29, 1.82) is 0 Å². The number of halogens is 1. The van der Waals surface area contributed by atoms with E-state index in [0.29, 0.717) is 19.6 Å². The standard InChI is InChI=1S/C31H41BrN4O2/c1-5-7-17-35(22-29-12-9-18-34(29)21-26-13-15-27(32)16-14-26)30(37)23-36(20-24(3)4)31(38)33-28-11-8-10-25(6-2)19-28/h8-16,18-19,24H,5-7,17,20-23H2,1-4H3,(H,33,38). The van der Waals surface area contributed by atoms with Crippen molar-refractivity contribution in [3.05, 3.63) is 88.2 Å². The molecule has 0 aliphatic heterocycles. The van der Waals surface area contributed by atoms with E-state index in [9.17, 15) is 9.59 Å². The van der Waals surface area contributed by atoms with E-state index >= 15 is 0 Å². The van der Waals surface area contributed by atoms with Crippen LogP contribution in [0.4, 0.5) is 10.5 Å². The third-order valence-electron chi connectivity index (χ3n) is 6.46. The molecule has 1 aromatic heterocycles. The van der Waals surface area contributed by atoms with Crippen molar-refractivity contribution in [2.75, 3.05) is 25.0 Å². The van der Waals surface area contributed by atoms with Gasteiger partial charge in [0.1, 0.15) is 6.54 Å². The molecule has 3 aromatic rings. The van der Waals surface area contributed by atoms with Gasteiger partial charge in [0.2, 0.25) is 5.91 Å². The summed E-state index contributed by atoms with van der Waals surface area (Å²) >= 11 is 3.50. The molecule has 0 saturated heterocycles. The number of amides is 3. The summed E-state index contributed by atoms with van der Waals surface area (Å²) < 4.78 is 3.24. The number of nitrogens with one attached hydrogen (secondary N) is 1. The van der Waals surface area contributed by atoms with Crippen LogP contribution in [0.1, 0.15) is 57.4 Å². The summed E-state index contributed by atoms with van der Waals surface area (Å²) in [6.45, 7) is 10.8. The van der Waals surface area contributed by atoms with Gasteiger partial charge >= 0.3 is 6.03 Å². The van der Waals surface area contributed by atoms with Crippen molar-refractivity contribution >= 4 is 33.6 Å². The fourth-order valence-electron chi connectivity index (χ4n) is 4.37. The minimum absolute atomic E-state index is 0.0343. The largest absolute Gasteiger partial charge is 0.345 e. The number of hydrogen-bond acceptors (Lipinski definition) is 2. The molecule has 0 radical (unpaired) electrons. The molecular formula is C31H41BrN4O2. The van der Waals surface area contributed by atoms with Gasteiger partial charge in [-0.15, -0.1) is 0 Å². The number of aryl methyl sites for hydroxylation is 1. The first-order valence-electron chi connectivity index (χ1n) is 13.6. The van der Waals surface area contributed by atoms with Gasteiger partial charge < -0.3 is 19.7 Å². The van der Waals surface area contributed by atoms with Gasteiger partial charge in [0.25, 0.3) is 0 Å². The van der Waals surface area contributed by atoms with Crippen molar-refractivity contribution in [2.45, 2.75) is 60.0 Å². The minimum atomic E-state index is -0.241. The van der Waals surface area contributed by atoms with Crippen molar-refractivity contribution in [3.8, 4) is 0 Å². The maximum absolute atomic E-state index is 13.6. The van der Waals surface area contributed by atoms with Crippen LogP contribution in [-0.2, 0) is 24.3 Å². The maximum Gasteiger partial charge on any atom is 0.322 e. The van der Waals surface area contributed by atoms with Gasteiger partial charge in [-0.2, -0.15) is 0 Å². The van der Waals surface area contributed by atoms with Crippen molar-refractivity contribution in [2.24, 2.45) is 5.92 Å². The monoisotopic (exact) mass is 580 g/mol. The fraction of sp³-hybridized carbons (Fsp3) is 0.419. The number of urea groups is 1. The van der Waals surface area contributed by atoms with Crippen LogP contribution in [0.3, 0.4) is 0 Å². The van der Waals surface area contributed by atoms with Crippen LogP contribution in [0.5, 0.6) is 0 Å².